The highest BCUT2D eigenvalue weighted by molar-refractivity contribution is 5.77. The molecule has 1 aliphatic heterocycles. The van der Waals surface area contributed by atoms with Crippen LogP contribution in [0.4, 0.5) is 0 Å². The van der Waals surface area contributed by atoms with E-state index in [0.29, 0.717) is 19.1 Å². The number of aromatic nitrogens is 1. The highest BCUT2D eigenvalue weighted by Gasteiger charge is 2.27. The number of nitrogens with zero attached hydrogens (tertiary/aromatic N) is 2. The molecule has 0 saturated carbocycles. The largest absolute Gasteiger partial charge is 0.487 e. The summed E-state index contributed by atoms with van der Waals surface area (Å²) in [4.78, 5) is 17.8. The smallest absolute Gasteiger partial charge is 0.248 e. The molecule has 0 spiro atoms. The van der Waals surface area contributed by atoms with Crippen molar-refractivity contribution in [1.82, 2.24) is 15.2 Å². The van der Waals surface area contributed by atoms with Gasteiger partial charge in [-0.3, -0.25) is 9.78 Å². The van der Waals surface area contributed by atoms with Crippen molar-refractivity contribution in [2.45, 2.75) is 31.9 Å². The molecule has 0 bridgehead atoms. The molecule has 1 aliphatic rings. The van der Waals surface area contributed by atoms with Crippen LogP contribution in [0.3, 0.4) is 0 Å². The summed E-state index contributed by atoms with van der Waals surface area (Å²) in [7, 11) is 3.49. The van der Waals surface area contributed by atoms with Gasteiger partial charge in [-0.15, -0.1) is 0 Å². The second kappa shape index (κ2) is 9.39. The van der Waals surface area contributed by atoms with Crippen LogP contribution in [0.5, 0.6) is 5.75 Å². The van der Waals surface area contributed by atoms with E-state index in [4.69, 9.17) is 9.47 Å². The number of ether oxygens (including phenoxy) is 2. The number of carbonyl (C=O) groups excluding carboxylic acids is 1. The first kappa shape index (κ1) is 18.4. The van der Waals surface area contributed by atoms with Crippen LogP contribution in [-0.4, -0.2) is 61.8 Å². The quantitative estimate of drug-likeness (QED) is 0.785. The van der Waals surface area contributed by atoms with Crippen LogP contribution in [0.2, 0.25) is 0 Å². The third kappa shape index (κ3) is 5.62. The number of carbonyl (C=O) groups is 1. The van der Waals surface area contributed by atoms with Crippen LogP contribution in [0.25, 0.3) is 6.08 Å². The van der Waals surface area contributed by atoms with Gasteiger partial charge in [0.05, 0.1) is 12.7 Å². The zero-order valence-corrected chi connectivity index (χ0v) is 14.7. The molecule has 1 aromatic heterocycles. The van der Waals surface area contributed by atoms with Crippen molar-refractivity contribution in [3.05, 3.63) is 30.1 Å². The van der Waals surface area contributed by atoms with Crippen molar-refractivity contribution < 1.29 is 14.3 Å². The Labute approximate surface area is 143 Å². The average molecular weight is 333 g/mol. The molecule has 1 amide bonds. The Bertz CT molecular complexity index is 562. The average Bonchev–Trinajstić information content (AvgIpc) is 3.04. The first-order valence-electron chi connectivity index (χ1n) is 8.34. The number of amides is 1. The topological polar surface area (TPSA) is 63.7 Å². The molecule has 0 unspecified atom stereocenters. The molecule has 6 nitrogen and oxygen atoms in total. The molecule has 0 aliphatic carbocycles. The molecule has 1 saturated heterocycles. The Morgan fingerprint density at radius 2 is 2.38 bits per heavy atom. The summed E-state index contributed by atoms with van der Waals surface area (Å²) >= 11 is 0. The van der Waals surface area contributed by atoms with Crippen molar-refractivity contribution in [1.29, 1.82) is 0 Å². The van der Waals surface area contributed by atoms with Crippen molar-refractivity contribution in [3.63, 3.8) is 0 Å². The molecule has 0 aromatic carbocycles. The number of pyridine rings is 1. The molecule has 2 heterocycles. The minimum Gasteiger partial charge on any atom is -0.487 e. The molecule has 132 valence electrons. The summed E-state index contributed by atoms with van der Waals surface area (Å²) in [6.45, 7) is 3.57. The highest BCUT2D eigenvalue weighted by Crippen LogP contribution is 2.19. The van der Waals surface area contributed by atoms with Crippen LogP contribution in [-0.2, 0) is 9.53 Å². The SMILES string of the molecule is CN[C@@H](C)C/C=C/c1cncc(O[C@@H]2CCN(C(=O)COC)C2)c1. The molecule has 1 fully saturated rings. The van der Waals surface area contributed by atoms with E-state index in [1.165, 1.54) is 7.11 Å². The lowest BCUT2D eigenvalue weighted by atomic mass is 10.2. The maximum absolute atomic E-state index is 11.8. The lowest BCUT2D eigenvalue weighted by molar-refractivity contribution is -0.134. The van der Waals surface area contributed by atoms with Gasteiger partial charge in [0.2, 0.25) is 5.91 Å². The van der Waals surface area contributed by atoms with Gasteiger partial charge < -0.3 is 19.7 Å². The maximum atomic E-state index is 11.8. The first-order valence-corrected chi connectivity index (χ1v) is 8.34. The molecule has 1 N–H and O–H groups in total. The monoisotopic (exact) mass is 333 g/mol. The summed E-state index contributed by atoms with van der Waals surface area (Å²) < 4.78 is 10.9. The van der Waals surface area contributed by atoms with Crippen molar-refractivity contribution in [2.24, 2.45) is 0 Å². The molecule has 1 aromatic rings. The molecular weight excluding hydrogens is 306 g/mol. The molecule has 0 radical (unpaired) electrons. The molecule has 2 atom stereocenters. The number of likely N-dealkylation sites (tertiary alicyclic amines) is 1. The third-order valence-electron chi connectivity index (χ3n) is 4.10. The summed E-state index contributed by atoms with van der Waals surface area (Å²) in [5, 5.41) is 3.20. The minimum absolute atomic E-state index is 0.0103. The van der Waals surface area contributed by atoms with Gasteiger partial charge in [0.1, 0.15) is 18.5 Å². The van der Waals surface area contributed by atoms with Gasteiger partial charge in [-0.2, -0.15) is 0 Å². The van der Waals surface area contributed by atoms with E-state index in [9.17, 15) is 4.79 Å². The predicted molar refractivity (Wildman–Crippen MR) is 93.9 cm³/mol. The fourth-order valence-corrected chi connectivity index (χ4v) is 2.58. The number of rotatable bonds is 8. The van der Waals surface area contributed by atoms with Crippen LogP contribution in [0.1, 0.15) is 25.3 Å². The normalized spacial score (nSPS) is 19.0. The molecular formula is C18H27N3O3. The van der Waals surface area contributed by atoms with E-state index in [-0.39, 0.29) is 18.6 Å². The number of nitrogens with one attached hydrogen (secondary N) is 1. The van der Waals surface area contributed by atoms with Gasteiger partial charge >= 0.3 is 0 Å². The number of methoxy groups -OCH3 is 1. The van der Waals surface area contributed by atoms with E-state index in [2.05, 4.69) is 29.4 Å². The Balaban J connectivity index is 1.87. The lowest BCUT2D eigenvalue weighted by Crippen LogP contribution is -2.33. The summed E-state index contributed by atoms with van der Waals surface area (Å²) in [5.74, 6) is 0.752. The Hall–Kier alpha value is -1.92. The minimum atomic E-state index is 0.0103. The van der Waals surface area contributed by atoms with Gasteiger partial charge in [0.15, 0.2) is 0 Å². The second-order valence-electron chi connectivity index (χ2n) is 6.08. The molecule has 2 rings (SSSR count). The molecule has 6 heteroatoms. The highest BCUT2D eigenvalue weighted by atomic mass is 16.5. The van der Waals surface area contributed by atoms with E-state index in [1.807, 2.05) is 19.3 Å². The van der Waals surface area contributed by atoms with Crippen LogP contribution < -0.4 is 10.1 Å². The lowest BCUT2D eigenvalue weighted by Gasteiger charge is -2.16. The van der Waals surface area contributed by atoms with Gasteiger partial charge in [0.25, 0.3) is 0 Å². The Morgan fingerprint density at radius 3 is 3.12 bits per heavy atom. The standard InChI is InChI=1S/C18H27N3O3/c1-14(19-2)5-4-6-15-9-17(11-20-10-15)24-16-7-8-21(12-16)18(22)13-23-3/h4,6,9-11,14,16,19H,5,7-8,12-13H2,1-3H3/b6-4+/t14-,16+/m0/s1. The number of hydrogen-bond donors (Lipinski definition) is 1. The van der Waals surface area contributed by atoms with Crippen molar-refractivity contribution in [2.75, 3.05) is 33.9 Å². The van der Waals surface area contributed by atoms with E-state index in [0.717, 1.165) is 24.2 Å². The Kier molecular flexibility index (Phi) is 7.21. The second-order valence-corrected chi connectivity index (χ2v) is 6.08. The summed E-state index contributed by atoms with van der Waals surface area (Å²) in [5.41, 5.74) is 1.01. The Morgan fingerprint density at radius 1 is 1.54 bits per heavy atom. The van der Waals surface area contributed by atoms with Gasteiger partial charge in [-0.25, -0.2) is 0 Å². The van der Waals surface area contributed by atoms with Crippen LogP contribution >= 0.6 is 0 Å². The fraction of sp³-hybridized carbons (Fsp3) is 0.556. The van der Waals surface area contributed by atoms with Crippen LogP contribution in [0.15, 0.2) is 24.5 Å². The van der Waals surface area contributed by atoms with Gasteiger partial charge in [-0.1, -0.05) is 12.2 Å². The zero-order valence-electron chi connectivity index (χ0n) is 14.7. The van der Waals surface area contributed by atoms with E-state index >= 15 is 0 Å². The zero-order chi connectivity index (χ0) is 17.4. The molecule has 24 heavy (non-hydrogen) atoms. The first-order chi connectivity index (χ1) is 11.6. The number of hydrogen-bond acceptors (Lipinski definition) is 5. The van der Waals surface area contributed by atoms with Gasteiger partial charge in [-0.05, 0) is 32.0 Å². The maximum Gasteiger partial charge on any atom is 0.248 e. The van der Waals surface area contributed by atoms with Crippen molar-refractivity contribution in [3.8, 4) is 5.75 Å². The van der Waals surface area contributed by atoms with E-state index in [1.54, 1.807) is 11.1 Å². The van der Waals surface area contributed by atoms with Crippen LogP contribution in [0, 0.1) is 0 Å². The van der Waals surface area contributed by atoms with Gasteiger partial charge in [0, 0.05) is 32.3 Å². The fourth-order valence-electron chi connectivity index (χ4n) is 2.58. The van der Waals surface area contributed by atoms with E-state index < -0.39 is 0 Å². The third-order valence-corrected chi connectivity index (χ3v) is 4.10. The predicted octanol–water partition coefficient (Wildman–Crippen LogP) is 1.72. The summed E-state index contributed by atoms with van der Waals surface area (Å²) in [6.07, 6.45) is 9.51. The summed E-state index contributed by atoms with van der Waals surface area (Å²) in [6, 6.07) is 2.43. The van der Waals surface area contributed by atoms with Crippen molar-refractivity contribution >= 4 is 12.0 Å².